The van der Waals surface area contributed by atoms with Crippen molar-refractivity contribution < 1.29 is 38.9 Å². The predicted molar refractivity (Wildman–Crippen MR) is 130 cm³/mol. The first-order valence-corrected chi connectivity index (χ1v) is 10.7. The van der Waals surface area contributed by atoms with Gasteiger partial charge in [-0.25, -0.2) is 9.59 Å². The fourth-order valence-corrected chi connectivity index (χ4v) is 3.67. The zero-order chi connectivity index (χ0) is 26.2. The van der Waals surface area contributed by atoms with E-state index in [1.807, 2.05) is 27.7 Å². The van der Waals surface area contributed by atoms with Crippen LogP contribution >= 0.6 is 0 Å². The molecule has 2 rings (SSSR count). The SMILES string of the molecule is CC(C)(CC(C)(C)Oc1ccc(C=C(C(=O)O)C(=O)O)cc1)Oc1ccc(C=C(C=O)C=O)cc1. The lowest BCUT2D eigenvalue weighted by molar-refractivity contribution is -0.140. The van der Waals surface area contributed by atoms with E-state index in [1.165, 1.54) is 6.08 Å². The number of aldehydes is 2. The van der Waals surface area contributed by atoms with Crippen LogP contribution in [-0.4, -0.2) is 45.9 Å². The number of carboxylic acid groups (broad SMARTS) is 2. The first-order valence-electron chi connectivity index (χ1n) is 10.7. The second-order valence-corrected chi connectivity index (χ2v) is 9.09. The van der Waals surface area contributed by atoms with Crippen LogP contribution in [0, 0.1) is 0 Å². The second kappa shape index (κ2) is 11.3. The molecule has 35 heavy (non-hydrogen) atoms. The van der Waals surface area contributed by atoms with Gasteiger partial charge >= 0.3 is 11.9 Å². The molecule has 8 heteroatoms. The molecule has 0 fully saturated rings. The van der Waals surface area contributed by atoms with E-state index in [4.69, 9.17) is 19.7 Å². The molecular formula is C27H28O8. The molecule has 2 aromatic rings. The van der Waals surface area contributed by atoms with Crippen molar-refractivity contribution in [3.8, 4) is 11.5 Å². The molecule has 0 amide bonds. The van der Waals surface area contributed by atoms with Gasteiger partial charge in [0, 0.05) is 6.42 Å². The number of allylic oxidation sites excluding steroid dienone is 1. The summed E-state index contributed by atoms with van der Waals surface area (Å²) < 4.78 is 12.2. The van der Waals surface area contributed by atoms with Crippen molar-refractivity contribution in [3.63, 3.8) is 0 Å². The zero-order valence-corrected chi connectivity index (χ0v) is 20.0. The lowest BCUT2D eigenvalue weighted by Gasteiger charge is -2.35. The number of carboxylic acids is 2. The van der Waals surface area contributed by atoms with Crippen LogP contribution in [0.25, 0.3) is 12.2 Å². The maximum Gasteiger partial charge on any atom is 0.343 e. The Morgan fingerprint density at radius 3 is 1.43 bits per heavy atom. The summed E-state index contributed by atoms with van der Waals surface area (Å²) in [5.41, 5.74) is -0.811. The van der Waals surface area contributed by atoms with Crippen LogP contribution in [0.4, 0.5) is 0 Å². The molecule has 0 aliphatic rings. The summed E-state index contributed by atoms with van der Waals surface area (Å²) in [5.74, 6) is -1.88. The Morgan fingerprint density at radius 2 is 1.09 bits per heavy atom. The fourth-order valence-electron chi connectivity index (χ4n) is 3.67. The third-order valence-electron chi connectivity index (χ3n) is 4.78. The molecule has 0 spiro atoms. The van der Waals surface area contributed by atoms with E-state index in [0.717, 1.165) is 6.08 Å². The van der Waals surface area contributed by atoms with Crippen LogP contribution in [0.3, 0.4) is 0 Å². The highest BCUT2D eigenvalue weighted by Crippen LogP contribution is 2.30. The number of hydrogen-bond acceptors (Lipinski definition) is 6. The van der Waals surface area contributed by atoms with Gasteiger partial charge in [-0.3, -0.25) is 9.59 Å². The van der Waals surface area contributed by atoms with Gasteiger partial charge in [0.1, 0.15) is 28.3 Å². The van der Waals surface area contributed by atoms with E-state index < -0.39 is 28.7 Å². The summed E-state index contributed by atoms with van der Waals surface area (Å²) in [5, 5.41) is 18.0. The summed E-state index contributed by atoms with van der Waals surface area (Å²) in [6, 6.07) is 13.4. The monoisotopic (exact) mass is 480 g/mol. The standard InChI is InChI=1S/C27H28O8/c1-26(2,34-21-9-5-18(6-10-21)13-20(15-28)16-29)17-27(3,4)35-22-11-7-19(8-12-22)14-23(24(30)31)25(32)33/h5-16H,17H2,1-4H3,(H,30,31)(H,32,33). The molecule has 0 aliphatic heterocycles. The second-order valence-electron chi connectivity index (χ2n) is 9.09. The van der Waals surface area contributed by atoms with Crippen LogP contribution in [0.1, 0.15) is 45.2 Å². The maximum atomic E-state index is 11.0. The molecule has 0 radical (unpaired) electrons. The van der Waals surface area contributed by atoms with Crippen molar-refractivity contribution in [2.45, 2.75) is 45.3 Å². The Kier molecular flexibility index (Phi) is 8.72. The topological polar surface area (TPSA) is 127 Å². The zero-order valence-electron chi connectivity index (χ0n) is 20.0. The third-order valence-corrected chi connectivity index (χ3v) is 4.78. The van der Waals surface area contributed by atoms with Crippen molar-refractivity contribution in [1.29, 1.82) is 0 Å². The highest BCUT2D eigenvalue weighted by molar-refractivity contribution is 6.16. The molecule has 184 valence electrons. The van der Waals surface area contributed by atoms with E-state index in [0.29, 0.717) is 41.6 Å². The molecule has 0 aliphatic carbocycles. The van der Waals surface area contributed by atoms with E-state index in [2.05, 4.69) is 0 Å². The first-order chi connectivity index (χ1) is 16.3. The molecule has 0 unspecified atom stereocenters. The number of benzene rings is 2. The van der Waals surface area contributed by atoms with Gasteiger partial charge < -0.3 is 19.7 Å². The largest absolute Gasteiger partial charge is 0.488 e. The van der Waals surface area contributed by atoms with Crippen LogP contribution in [0.2, 0.25) is 0 Å². The maximum absolute atomic E-state index is 11.0. The van der Waals surface area contributed by atoms with E-state index in [-0.39, 0.29) is 5.57 Å². The Bertz CT molecular complexity index is 1110. The average Bonchev–Trinajstić information content (AvgIpc) is 2.76. The van der Waals surface area contributed by atoms with Gasteiger partial charge in [-0.2, -0.15) is 0 Å². The first kappa shape index (κ1) is 27.0. The number of carbonyl (C=O) groups is 4. The minimum atomic E-state index is -1.51. The lowest BCUT2D eigenvalue weighted by Crippen LogP contribution is -2.41. The molecule has 0 aromatic heterocycles. The Balaban J connectivity index is 2.06. The smallest absolute Gasteiger partial charge is 0.343 e. The molecule has 0 bridgehead atoms. The number of ether oxygens (including phenoxy) is 2. The molecule has 0 heterocycles. The molecule has 0 saturated carbocycles. The van der Waals surface area contributed by atoms with Gasteiger partial charge in [0.2, 0.25) is 0 Å². The van der Waals surface area contributed by atoms with Crippen molar-refractivity contribution in [1.82, 2.24) is 0 Å². The van der Waals surface area contributed by atoms with E-state index in [1.54, 1.807) is 48.5 Å². The van der Waals surface area contributed by atoms with Crippen LogP contribution in [0.5, 0.6) is 11.5 Å². The molecule has 0 saturated heterocycles. The normalized spacial score (nSPS) is 11.1. The third kappa shape index (κ3) is 8.58. The van der Waals surface area contributed by atoms with Crippen LogP contribution in [0.15, 0.2) is 59.7 Å². The highest BCUT2D eigenvalue weighted by Gasteiger charge is 2.32. The molecule has 2 N–H and O–H groups in total. The summed E-state index contributed by atoms with van der Waals surface area (Å²) >= 11 is 0. The summed E-state index contributed by atoms with van der Waals surface area (Å²) in [7, 11) is 0. The van der Waals surface area contributed by atoms with Gasteiger partial charge in [-0.15, -0.1) is 0 Å². The van der Waals surface area contributed by atoms with Gasteiger partial charge in [-0.1, -0.05) is 24.3 Å². The van der Waals surface area contributed by atoms with Crippen molar-refractivity contribution in [3.05, 3.63) is 70.8 Å². The van der Waals surface area contributed by atoms with Crippen molar-refractivity contribution in [2.24, 2.45) is 0 Å². The fraction of sp³-hybridized carbons (Fsp3) is 0.259. The van der Waals surface area contributed by atoms with Gasteiger partial charge in [0.25, 0.3) is 0 Å². The molecule has 2 aromatic carbocycles. The van der Waals surface area contributed by atoms with Crippen molar-refractivity contribution >= 4 is 36.7 Å². The minimum Gasteiger partial charge on any atom is -0.488 e. The number of carbonyl (C=O) groups excluding carboxylic acids is 2. The lowest BCUT2D eigenvalue weighted by atomic mass is 9.92. The summed E-state index contributed by atoms with van der Waals surface area (Å²) in [4.78, 5) is 43.6. The van der Waals surface area contributed by atoms with Gasteiger partial charge in [-0.05, 0) is 75.2 Å². The number of rotatable bonds is 12. The van der Waals surface area contributed by atoms with E-state index >= 15 is 0 Å². The van der Waals surface area contributed by atoms with Gasteiger partial charge in [0.05, 0.1) is 5.57 Å². The quantitative estimate of drug-likeness (QED) is 0.198. The minimum absolute atomic E-state index is 0.0474. The van der Waals surface area contributed by atoms with Crippen LogP contribution in [-0.2, 0) is 19.2 Å². The molecule has 8 nitrogen and oxygen atoms in total. The highest BCUT2D eigenvalue weighted by atomic mass is 16.5. The number of aliphatic carboxylic acids is 2. The summed E-state index contributed by atoms with van der Waals surface area (Å²) in [6.07, 6.45) is 4.06. The van der Waals surface area contributed by atoms with Crippen LogP contribution < -0.4 is 9.47 Å². The number of hydrogen-bond donors (Lipinski definition) is 2. The van der Waals surface area contributed by atoms with Gasteiger partial charge in [0.15, 0.2) is 12.6 Å². The Labute approximate surface area is 203 Å². The van der Waals surface area contributed by atoms with Crippen molar-refractivity contribution in [2.75, 3.05) is 0 Å². The average molecular weight is 481 g/mol. The Hall–Kier alpha value is -4.20. The molecular weight excluding hydrogens is 452 g/mol. The summed E-state index contributed by atoms with van der Waals surface area (Å²) in [6.45, 7) is 7.67. The molecule has 0 atom stereocenters. The van der Waals surface area contributed by atoms with E-state index in [9.17, 15) is 19.2 Å². The predicted octanol–water partition coefficient (Wildman–Crippen LogP) is 4.43. The Morgan fingerprint density at radius 1 is 0.714 bits per heavy atom.